The maximum absolute atomic E-state index is 11.8. The summed E-state index contributed by atoms with van der Waals surface area (Å²) in [6.45, 7) is 4.06. The fourth-order valence-electron chi connectivity index (χ4n) is 2.50. The summed E-state index contributed by atoms with van der Waals surface area (Å²) < 4.78 is 6.91. The lowest BCUT2D eigenvalue weighted by Crippen LogP contribution is -2.53. The van der Waals surface area contributed by atoms with Gasteiger partial charge in [0.25, 0.3) is 0 Å². The number of rotatable bonds is 5. The van der Waals surface area contributed by atoms with Crippen molar-refractivity contribution >= 4 is 17.7 Å². The van der Waals surface area contributed by atoms with Gasteiger partial charge in [-0.15, -0.1) is 5.10 Å². The van der Waals surface area contributed by atoms with Crippen molar-refractivity contribution in [3.8, 4) is 0 Å². The van der Waals surface area contributed by atoms with E-state index in [1.807, 2.05) is 13.8 Å². The van der Waals surface area contributed by atoms with Gasteiger partial charge >= 0.3 is 11.7 Å². The molecule has 7 nitrogen and oxygen atoms in total. The van der Waals surface area contributed by atoms with Gasteiger partial charge in [0, 0.05) is 12.5 Å². The van der Waals surface area contributed by atoms with Crippen LogP contribution in [0.5, 0.6) is 0 Å². The lowest BCUT2D eigenvalue weighted by molar-refractivity contribution is -0.133. The lowest BCUT2D eigenvalue weighted by atomic mass is 9.64. The highest BCUT2D eigenvalue weighted by Crippen LogP contribution is 2.51. The summed E-state index contributed by atoms with van der Waals surface area (Å²) in [5.74, 6) is -1.06. The number of hydrogen-bond donors (Lipinski definition) is 2. The molecule has 1 aromatic heterocycles. The number of carboxylic acids is 1. The monoisotopic (exact) mass is 287 g/mol. The van der Waals surface area contributed by atoms with Crippen LogP contribution in [0.15, 0.2) is 9.95 Å². The smallest absolute Gasteiger partial charge is 0.344 e. The second-order valence-corrected chi connectivity index (χ2v) is 6.10. The molecule has 1 aromatic rings. The first-order valence-electron chi connectivity index (χ1n) is 5.92. The van der Waals surface area contributed by atoms with Crippen molar-refractivity contribution in [3.05, 3.63) is 10.5 Å². The molecule has 19 heavy (non-hydrogen) atoms. The fraction of sp³-hybridized carbons (Fsp3) is 0.727. The van der Waals surface area contributed by atoms with E-state index >= 15 is 0 Å². The van der Waals surface area contributed by atoms with Crippen molar-refractivity contribution in [1.82, 2.24) is 14.8 Å². The average molecular weight is 287 g/mol. The van der Waals surface area contributed by atoms with Gasteiger partial charge in [-0.3, -0.25) is 9.36 Å². The molecule has 2 atom stereocenters. The summed E-state index contributed by atoms with van der Waals surface area (Å²) in [6.07, 6.45) is 0.820. The molecular weight excluding hydrogens is 270 g/mol. The summed E-state index contributed by atoms with van der Waals surface area (Å²) in [4.78, 5) is 22.4. The van der Waals surface area contributed by atoms with Gasteiger partial charge < -0.3 is 9.84 Å². The average Bonchev–Trinajstić information content (AvgIpc) is 2.68. The predicted octanol–water partition coefficient (Wildman–Crippen LogP) is 0.734. The normalized spacial score (nSPS) is 25.0. The SMILES string of the molecule is COC1CC(n2c(SCC(=O)O)n[nH]c2=O)C1(C)C. The number of H-pyrrole nitrogens is 1. The number of hydrogen-bond acceptors (Lipinski definition) is 5. The molecule has 0 bridgehead atoms. The van der Waals surface area contributed by atoms with E-state index in [0.717, 1.165) is 18.2 Å². The van der Waals surface area contributed by atoms with Crippen LogP contribution in [0.25, 0.3) is 0 Å². The largest absolute Gasteiger partial charge is 0.481 e. The number of carbonyl (C=O) groups is 1. The molecule has 1 fully saturated rings. The van der Waals surface area contributed by atoms with Crippen LogP contribution in [0.3, 0.4) is 0 Å². The summed E-state index contributed by atoms with van der Waals surface area (Å²) in [5, 5.41) is 15.4. The Morgan fingerprint density at radius 3 is 2.89 bits per heavy atom. The molecular formula is C11H17N3O4S. The molecule has 2 rings (SSSR count). The molecule has 2 unspecified atom stereocenters. The van der Waals surface area contributed by atoms with E-state index in [2.05, 4.69) is 10.2 Å². The second-order valence-electron chi connectivity index (χ2n) is 5.16. The number of nitrogens with one attached hydrogen (secondary N) is 1. The van der Waals surface area contributed by atoms with Crippen LogP contribution in [0.4, 0.5) is 0 Å². The molecule has 0 spiro atoms. The Bertz CT molecular complexity index is 536. The fourth-order valence-corrected chi connectivity index (χ4v) is 3.21. The van der Waals surface area contributed by atoms with Gasteiger partial charge in [-0.25, -0.2) is 9.89 Å². The molecule has 2 N–H and O–H groups in total. The highest BCUT2D eigenvalue weighted by Gasteiger charge is 2.51. The third-order valence-electron chi connectivity index (χ3n) is 3.72. The van der Waals surface area contributed by atoms with Gasteiger partial charge in [0.2, 0.25) is 0 Å². The minimum absolute atomic E-state index is 0.0278. The molecule has 106 valence electrons. The minimum Gasteiger partial charge on any atom is -0.481 e. The standard InChI is InChI=1S/C11H17N3O4S/c1-11(2)6(4-7(11)18-3)14-9(17)12-13-10(14)19-5-8(15)16/h6-7H,4-5H2,1-3H3,(H,12,17)(H,15,16). The topological polar surface area (TPSA) is 97.2 Å². The van der Waals surface area contributed by atoms with Gasteiger partial charge in [0.15, 0.2) is 5.16 Å². The van der Waals surface area contributed by atoms with Gasteiger partial charge in [0.1, 0.15) is 0 Å². The van der Waals surface area contributed by atoms with Gasteiger partial charge in [-0.05, 0) is 6.42 Å². The number of ether oxygens (including phenoxy) is 1. The zero-order valence-corrected chi connectivity index (χ0v) is 11.9. The van der Waals surface area contributed by atoms with Crippen LogP contribution < -0.4 is 5.69 Å². The summed E-state index contributed by atoms with van der Waals surface area (Å²) >= 11 is 1.04. The molecule has 8 heteroatoms. The van der Waals surface area contributed by atoms with E-state index < -0.39 is 5.97 Å². The molecule has 0 radical (unpaired) electrons. The first-order valence-corrected chi connectivity index (χ1v) is 6.90. The summed E-state index contributed by atoms with van der Waals surface area (Å²) in [7, 11) is 1.65. The van der Waals surface area contributed by atoms with Gasteiger partial charge in [0.05, 0.1) is 17.9 Å². The first kappa shape index (κ1) is 14.1. The number of thioether (sulfide) groups is 1. The highest BCUT2D eigenvalue weighted by molar-refractivity contribution is 7.99. The van der Waals surface area contributed by atoms with Crippen molar-refractivity contribution in [2.24, 2.45) is 5.41 Å². The van der Waals surface area contributed by atoms with Crippen LogP contribution >= 0.6 is 11.8 Å². The summed E-state index contributed by atoms with van der Waals surface area (Å²) in [5.41, 5.74) is -0.485. The molecule has 1 saturated carbocycles. The number of nitrogens with zero attached hydrogens (tertiary/aromatic N) is 2. The first-order chi connectivity index (χ1) is 8.87. The van der Waals surface area contributed by atoms with Crippen LogP contribution in [0.2, 0.25) is 0 Å². The minimum atomic E-state index is -0.936. The third-order valence-corrected chi connectivity index (χ3v) is 4.66. The van der Waals surface area contributed by atoms with E-state index in [1.54, 1.807) is 11.7 Å². The van der Waals surface area contributed by atoms with Crippen molar-refractivity contribution in [2.45, 2.75) is 37.6 Å². The van der Waals surface area contributed by atoms with Crippen LogP contribution in [0.1, 0.15) is 26.3 Å². The Morgan fingerprint density at radius 2 is 2.37 bits per heavy atom. The molecule has 1 aliphatic rings. The molecule has 0 aliphatic heterocycles. The van der Waals surface area contributed by atoms with Crippen molar-refractivity contribution in [1.29, 1.82) is 0 Å². The van der Waals surface area contributed by atoms with Crippen molar-refractivity contribution in [3.63, 3.8) is 0 Å². The summed E-state index contributed by atoms with van der Waals surface area (Å²) in [6, 6.07) is -0.0278. The zero-order valence-electron chi connectivity index (χ0n) is 11.0. The van der Waals surface area contributed by atoms with Crippen LogP contribution in [-0.4, -0.2) is 44.8 Å². The quantitative estimate of drug-likeness (QED) is 0.775. The number of aromatic nitrogens is 3. The molecule has 0 aromatic carbocycles. The Morgan fingerprint density at radius 1 is 1.68 bits per heavy atom. The number of aromatic amines is 1. The molecule has 0 saturated heterocycles. The van der Waals surface area contributed by atoms with E-state index in [1.165, 1.54) is 0 Å². The van der Waals surface area contributed by atoms with E-state index in [9.17, 15) is 9.59 Å². The maximum Gasteiger partial charge on any atom is 0.344 e. The van der Waals surface area contributed by atoms with Gasteiger partial charge in [-0.1, -0.05) is 25.6 Å². The Balaban J connectivity index is 2.23. The van der Waals surface area contributed by atoms with Crippen molar-refractivity contribution in [2.75, 3.05) is 12.9 Å². The van der Waals surface area contributed by atoms with E-state index in [4.69, 9.17) is 9.84 Å². The predicted molar refractivity (Wildman–Crippen MR) is 69.4 cm³/mol. The molecule has 1 heterocycles. The lowest BCUT2D eigenvalue weighted by Gasteiger charge is -2.51. The van der Waals surface area contributed by atoms with Gasteiger partial charge in [-0.2, -0.15) is 0 Å². The number of methoxy groups -OCH3 is 1. The Labute approximate surface area is 114 Å². The maximum atomic E-state index is 11.8. The second kappa shape index (κ2) is 5.01. The molecule has 0 amide bonds. The van der Waals surface area contributed by atoms with E-state index in [0.29, 0.717) is 5.16 Å². The third kappa shape index (κ3) is 2.42. The number of aliphatic carboxylic acids is 1. The van der Waals surface area contributed by atoms with Crippen LogP contribution in [-0.2, 0) is 9.53 Å². The Hall–Kier alpha value is -1.28. The zero-order chi connectivity index (χ0) is 14.2. The van der Waals surface area contributed by atoms with Crippen molar-refractivity contribution < 1.29 is 14.6 Å². The number of carboxylic acid groups (broad SMARTS) is 1. The van der Waals surface area contributed by atoms with Crippen LogP contribution in [0, 0.1) is 5.41 Å². The Kier molecular flexibility index (Phi) is 3.73. The van der Waals surface area contributed by atoms with E-state index in [-0.39, 0.29) is 29.0 Å². The molecule has 1 aliphatic carbocycles. The highest BCUT2D eigenvalue weighted by atomic mass is 32.2.